The molecule has 1 N–H and O–H groups in total. The molecule has 2 heterocycles. The van der Waals surface area contributed by atoms with Gasteiger partial charge in [-0.1, -0.05) is 24.9 Å². The first-order valence-corrected chi connectivity index (χ1v) is 13.2. The summed E-state index contributed by atoms with van der Waals surface area (Å²) in [5, 5.41) is 12.9. The van der Waals surface area contributed by atoms with Gasteiger partial charge in [-0.25, -0.2) is 4.79 Å². The second kappa shape index (κ2) is 12.6. The van der Waals surface area contributed by atoms with Crippen molar-refractivity contribution >= 4 is 63.8 Å². The summed E-state index contributed by atoms with van der Waals surface area (Å²) in [6.07, 6.45) is 2.94. The van der Waals surface area contributed by atoms with Crippen LogP contribution in [0.1, 0.15) is 35.9 Å². The Bertz CT molecular complexity index is 1520. The molecule has 1 aliphatic heterocycles. The van der Waals surface area contributed by atoms with Crippen molar-refractivity contribution in [2.75, 3.05) is 18.5 Å². The standard InChI is InChI=1S/C27H22ClN3O8S/c1-2-3-12-38-26(34)20-13-17(6-10-21(20)28)29-24(32)15-30-25(33)23(40-27(30)35)14-19-9-11-22(39-19)16-4-7-18(8-5-16)31(36)37/h4-11,13-14H,2-3,12,15H2,1H3,(H,29,32)/b23-14+. The van der Waals surface area contributed by atoms with Gasteiger partial charge in [-0.2, -0.15) is 0 Å². The molecular formula is C27H22ClN3O8S. The molecule has 1 saturated heterocycles. The number of thioether (sulfide) groups is 1. The third kappa shape index (κ3) is 6.77. The number of hydrogen-bond acceptors (Lipinski definition) is 9. The van der Waals surface area contributed by atoms with Crippen LogP contribution in [-0.2, 0) is 14.3 Å². The van der Waals surface area contributed by atoms with Crippen molar-refractivity contribution in [1.82, 2.24) is 4.90 Å². The van der Waals surface area contributed by atoms with Crippen molar-refractivity contribution in [1.29, 1.82) is 0 Å². The molecule has 0 atom stereocenters. The van der Waals surface area contributed by atoms with Gasteiger partial charge in [-0.05, 0) is 60.6 Å². The lowest BCUT2D eigenvalue weighted by molar-refractivity contribution is -0.384. The van der Waals surface area contributed by atoms with Crippen molar-refractivity contribution in [3.8, 4) is 11.3 Å². The molecule has 3 aromatic rings. The summed E-state index contributed by atoms with van der Waals surface area (Å²) in [6, 6.07) is 13.3. The monoisotopic (exact) mass is 583 g/mol. The highest BCUT2D eigenvalue weighted by atomic mass is 35.5. The number of ether oxygens (including phenoxy) is 1. The van der Waals surface area contributed by atoms with E-state index in [1.165, 1.54) is 48.5 Å². The number of esters is 1. The Morgan fingerprint density at radius 2 is 1.90 bits per heavy atom. The molecule has 0 unspecified atom stereocenters. The second-order valence-electron chi connectivity index (χ2n) is 8.51. The highest BCUT2D eigenvalue weighted by Crippen LogP contribution is 2.33. The molecule has 0 bridgehead atoms. The van der Waals surface area contributed by atoms with Crippen LogP contribution in [0.4, 0.5) is 16.2 Å². The molecule has 40 heavy (non-hydrogen) atoms. The molecule has 1 fully saturated rings. The summed E-state index contributed by atoms with van der Waals surface area (Å²) in [5.41, 5.74) is 0.856. The number of halogens is 1. The average molecular weight is 584 g/mol. The van der Waals surface area contributed by atoms with E-state index in [-0.39, 0.29) is 39.2 Å². The lowest BCUT2D eigenvalue weighted by Crippen LogP contribution is -2.36. The van der Waals surface area contributed by atoms with Crippen molar-refractivity contribution in [2.24, 2.45) is 0 Å². The van der Waals surface area contributed by atoms with Gasteiger partial charge in [-0.15, -0.1) is 0 Å². The SMILES string of the molecule is CCCCOC(=O)c1cc(NC(=O)CN2C(=O)S/C(=C/c3ccc(-c4ccc([N+](=O)[O-])cc4)o3)C2=O)ccc1Cl. The molecule has 13 heteroatoms. The molecule has 3 amide bonds. The molecule has 11 nitrogen and oxygen atoms in total. The topological polar surface area (TPSA) is 149 Å². The van der Waals surface area contributed by atoms with Gasteiger partial charge >= 0.3 is 5.97 Å². The van der Waals surface area contributed by atoms with Gasteiger partial charge in [-0.3, -0.25) is 29.4 Å². The second-order valence-corrected chi connectivity index (χ2v) is 9.91. The van der Waals surface area contributed by atoms with Crippen LogP contribution in [0.15, 0.2) is 63.9 Å². The normalized spacial score (nSPS) is 14.1. The average Bonchev–Trinajstić information content (AvgIpc) is 3.50. The molecule has 0 radical (unpaired) electrons. The summed E-state index contributed by atoms with van der Waals surface area (Å²) in [6.45, 7) is 1.65. The van der Waals surface area contributed by atoms with Crippen LogP contribution in [0.2, 0.25) is 5.02 Å². The summed E-state index contributed by atoms with van der Waals surface area (Å²) >= 11 is 6.76. The fourth-order valence-electron chi connectivity index (χ4n) is 3.59. The third-order valence-electron chi connectivity index (χ3n) is 5.64. The van der Waals surface area contributed by atoms with Crippen LogP contribution in [0.25, 0.3) is 17.4 Å². The number of nitro groups is 1. The zero-order chi connectivity index (χ0) is 28.8. The van der Waals surface area contributed by atoms with E-state index >= 15 is 0 Å². The molecular weight excluding hydrogens is 562 g/mol. The predicted octanol–water partition coefficient (Wildman–Crippen LogP) is 6.14. The third-order valence-corrected chi connectivity index (χ3v) is 6.88. The Hall–Kier alpha value is -4.42. The van der Waals surface area contributed by atoms with E-state index in [0.29, 0.717) is 29.5 Å². The largest absolute Gasteiger partial charge is 0.462 e. The van der Waals surface area contributed by atoms with E-state index in [1.54, 1.807) is 12.1 Å². The van der Waals surface area contributed by atoms with E-state index in [1.807, 2.05) is 6.92 Å². The molecule has 1 aliphatic rings. The van der Waals surface area contributed by atoms with Gasteiger partial charge in [0.15, 0.2) is 0 Å². The summed E-state index contributed by atoms with van der Waals surface area (Å²) in [4.78, 5) is 61.4. The Morgan fingerprint density at radius 1 is 1.15 bits per heavy atom. The number of imide groups is 1. The summed E-state index contributed by atoms with van der Waals surface area (Å²) in [5.74, 6) is -1.26. The van der Waals surface area contributed by atoms with Gasteiger partial charge in [0.25, 0.3) is 16.8 Å². The van der Waals surface area contributed by atoms with E-state index in [2.05, 4.69) is 5.32 Å². The fourth-order valence-corrected chi connectivity index (χ4v) is 4.60. The van der Waals surface area contributed by atoms with Gasteiger partial charge in [0.2, 0.25) is 5.91 Å². The molecule has 0 aliphatic carbocycles. The highest BCUT2D eigenvalue weighted by Gasteiger charge is 2.36. The Kier molecular flexibility index (Phi) is 9.02. The molecule has 2 aromatic carbocycles. The first-order valence-electron chi connectivity index (χ1n) is 12.0. The minimum absolute atomic E-state index is 0.0605. The first-order chi connectivity index (χ1) is 19.2. The minimum Gasteiger partial charge on any atom is -0.462 e. The Labute approximate surface area is 237 Å². The van der Waals surface area contributed by atoms with Crippen molar-refractivity contribution in [3.63, 3.8) is 0 Å². The minimum atomic E-state index is -0.672. The van der Waals surface area contributed by atoms with Crippen LogP contribution < -0.4 is 5.32 Å². The number of nitrogens with zero attached hydrogens (tertiary/aromatic N) is 2. The number of nitro benzene ring substituents is 1. The zero-order valence-electron chi connectivity index (χ0n) is 21.0. The number of rotatable bonds is 10. The van der Waals surface area contributed by atoms with Gasteiger partial charge in [0.1, 0.15) is 18.1 Å². The van der Waals surface area contributed by atoms with Gasteiger partial charge in [0, 0.05) is 29.5 Å². The van der Waals surface area contributed by atoms with Crippen LogP contribution in [0, 0.1) is 10.1 Å². The fraction of sp³-hybridized carbons (Fsp3) is 0.185. The maximum Gasteiger partial charge on any atom is 0.339 e. The van der Waals surface area contributed by atoms with E-state index in [4.69, 9.17) is 20.8 Å². The summed E-state index contributed by atoms with van der Waals surface area (Å²) < 4.78 is 10.9. The number of nitrogens with one attached hydrogen (secondary N) is 1. The quantitative estimate of drug-likeness (QED) is 0.0975. The number of non-ortho nitro benzene ring substituents is 1. The number of furan rings is 1. The Balaban J connectivity index is 1.40. The maximum atomic E-state index is 12.9. The van der Waals surface area contributed by atoms with E-state index < -0.39 is 34.5 Å². The number of anilines is 1. The zero-order valence-corrected chi connectivity index (χ0v) is 22.6. The van der Waals surface area contributed by atoms with Crippen molar-refractivity contribution < 1.29 is 33.3 Å². The molecule has 1 aromatic heterocycles. The Morgan fingerprint density at radius 3 is 2.60 bits per heavy atom. The van der Waals surface area contributed by atoms with Crippen LogP contribution in [0.3, 0.4) is 0 Å². The lowest BCUT2D eigenvalue weighted by atomic mass is 10.1. The van der Waals surface area contributed by atoms with Crippen LogP contribution >= 0.6 is 23.4 Å². The van der Waals surface area contributed by atoms with Gasteiger partial charge < -0.3 is 14.5 Å². The number of carbonyl (C=O) groups is 4. The number of carbonyl (C=O) groups excluding carboxylic acids is 4. The molecule has 4 rings (SSSR count). The number of unbranched alkanes of at least 4 members (excludes halogenated alkanes) is 1. The number of benzene rings is 2. The smallest absolute Gasteiger partial charge is 0.339 e. The van der Waals surface area contributed by atoms with E-state index in [9.17, 15) is 29.3 Å². The molecule has 0 spiro atoms. The molecule has 206 valence electrons. The number of hydrogen-bond donors (Lipinski definition) is 1. The van der Waals surface area contributed by atoms with Gasteiger partial charge in [0.05, 0.1) is 27.0 Å². The van der Waals surface area contributed by atoms with Crippen molar-refractivity contribution in [2.45, 2.75) is 19.8 Å². The van der Waals surface area contributed by atoms with E-state index in [0.717, 1.165) is 11.3 Å². The highest BCUT2D eigenvalue weighted by molar-refractivity contribution is 8.18. The van der Waals surface area contributed by atoms with Crippen LogP contribution in [0.5, 0.6) is 0 Å². The lowest BCUT2D eigenvalue weighted by Gasteiger charge is -2.13. The summed E-state index contributed by atoms with van der Waals surface area (Å²) in [7, 11) is 0. The number of amides is 3. The van der Waals surface area contributed by atoms with Crippen LogP contribution in [-0.4, -0.2) is 46.0 Å². The first kappa shape index (κ1) is 28.6. The predicted molar refractivity (Wildman–Crippen MR) is 149 cm³/mol. The molecule has 0 saturated carbocycles. The van der Waals surface area contributed by atoms with Crippen molar-refractivity contribution in [3.05, 3.63) is 86.0 Å². The maximum absolute atomic E-state index is 12.9.